The van der Waals surface area contributed by atoms with Gasteiger partial charge in [-0.05, 0) is 43.0 Å². The van der Waals surface area contributed by atoms with E-state index in [2.05, 4.69) is 11.2 Å². The van der Waals surface area contributed by atoms with Crippen LogP contribution in [0.15, 0.2) is 41.5 Å². The molecule has 1 amide bonds. The number of hydrogen-bond donors (Lipinski definition) is 6. The second-order valence-electron chi connectivity index (χ2n) is 15.5. The minimum atomic E-state index is -2.29. The smallest absolute Gasteiger partial charge is 0.407 e. The van der Waals surface area contributed by atoms with Gasteiger partial charge in [0.2, 0.25) is 0 Å². The van der Waals surface area contributed by atoms with Crippen molar-refractivity contribution in [3.63, 3.8) is 0 Å². The number of ether oxygens (including phenoxy) is 4. The van der Waals surface area contributed by atoms with E-state index >= 15 is 0 Å². The number of alkyl carbamates (subject to hydrolysis) is 1. The van der Waals surface area contributed by atoms with Crippen LogP contribution in [0, 0.1) is 123 Å². The molecule has 3 fully saturated rings. The number of aliphatic hydroxyl groups is 5. The minimum Gasteiger partial charge on any atom is -0.456 e. The van der Waals surface area contributed by atoms with Crippen LogP contribution in [0.3, 0.4) is 0 Å². The van der Waals surface area contributed by atoms with Crippen LogP contribution < -0.4 is 5.32 Å². The largest absolute Gasteiger partial charge is 0.456 e. The van der Waals surface area contributed by atoms with E-state index < -0.39 is 107 Å². The summed E-state index contributed by atoms with van der Waals surface area (Å²) in [5.74, 6) is -2.68. The van der Waals surface area contributed by atoms with Crippen molar-refractivity contribution in [3.8, 4) is 12.3 Å². The Hall–Kier alpha value is -0.957. The monoisotopic (exact) mass is 1180 g/mol. The van der Waals surface area contributed by atoms with Gasteiger partial charge in [-0.25, -0.2) is 14.4 Å². The topological polar surface area (TPSA) is 218 Å². The quantitative estimate of drug-likeness (QED) is 0.0675. The number of ketones is 1. The molecule has 1 unspecified atom stereocenters. The molecular weight excluding hydrogens is 1130 g/mol. The Morgan fingerprint density at radius 3 is 2.26 bits per heavy atom. The summed E-state index contributed by atoms with van der Waals surface area (Å²) in [7, 11) is 0. The number of carbonyl (C=O) groups excluding carboxylic acids is 4. The number of nitrogens with one attached hydrogen (secondary N) is 1. The van der Waals surface area contributed by atoms with Crippen LogP contribution in [0.1, 0.15) is 71.2 Å². The van der Waals surface area contributed by atoms with Gasteiger partial charge in [0.05, 0.1) is 35.8 Å². The molecule has 1 aliphatic heterocycles. The third kappa shape index (κ3) is 8.05. The molecule has 0 spiro atoms. The van der Waals surface area contributed by atoms with Gasteiger partial charge < -0.3 is 49.8 Å². The zero-order valence-electron chi connectivity index (χ0n) is 31.4. The Balaban J connectivity index is 0.00000392. The predicted octanol–water partition coefficient (Wildman–Crippen LogP) is 1.20. The second kappa shape index (κ2) is 17.9. The van der Waals surface area contributed by atoms with Gasteiger partial charge in [0, 0.05) is 119 Å². The molecule has 6 N–H and O–H groups in total. The molecule has 11 atom stereocenters. The van der Waals surface area contributed by atoms with Crippen LogP contribution in [0.2, 0.25) is 0 Å². The fourth-order valence-corrected chi connectivity index (χ4v) is 8.72. The molecule has 5 rings (SSSR count). The van der Waals surface area contributed by atoms with Gasteiger partial charge in [0.1, 0.15) is 36.1 Å². The first-order valence-electron chi connectivity index (χ1n) is 17.5. The maximum Gasteiger partial charge on any atom is 0.407 e. The van der Waals surface area contributed by atoms with E-state index in [1.165, 1.54) is 26.0 Å². The van der Waals surface area contributed by atoms with Crippen molar-refractivity contribution in [3.05, 3.63) is 47.0 Å². The molecule has 54 heavy (non-hydrogen) atoms. The Morgan fingerprint density at radius 2 is 1.70 bits per heavy atom. The van der Waals surface area contributed by atoms with Crippen molar-refractivity contribution in [2.75, 3.05) is 13.2 Å². The van der Waals surface area contributed by atoms with Crippen LogP contribution >= 0.6 is 0 Å². The van der Waals surface area contributed by atoms with Crippen molar-refractivity contribution in [2.45, 2.75) is 115 Å². The molecule has 290 valence electrons. The van der Waals surface area contributed by atoms with Gasteiger partial charge in [-0.3, -0.25) is 4.79 Å². The van der Waals surface area contributed by atoms with Gasteiger partial charge in [0.25, 0.3) is 0 Å². The molecule has 4 aliphatic rings. The number of hydrogen-bond acceptors (Lipinski definition) is 13. The molecule has 16 heteroatoms. The molecule has 14 nitrogen and oxygen atoms in total. The van der Waals surface area contributed by atoms with Crippen molar-refractivity contribution in [2.24, 2.45) is 22.7 Å². The van der Waals surface area contributed by atoms with E-state index in [0.717, 1.165) is 0 Å². The van der Waals surface area contributed by atoms with Crippen LogP contribution in [0.25, 0.3) is 0 Å². The minimum absolute atomic E-state index is 0. The predicted molar refractivity (Wildman–Crippen MR) is 182 cm³/mol. The van der Waals surface area contributed by atoms with Gasteiger partial charge >= 0.3 is 18.0 Å². The Bertz CT molecular complexity index is 1660. The summed E-state index contributed by atoms with van der Waals surface area (Å²) in [6, 6.07) is 6.68. The van der Waals surface area contributed by atoms with Crippen LogP contribution in [0.4, 0.5) is 4.79 Å². The van der Waals surface area contributed by atoms with E-state index in [9.17, 15) is 44.7 Å². The number of fused-ring (bicyclic) bond motifs is 5. The number of benzene rings is 1. The Morgan fingerprint density at radius 1 is 1.07 bits per heavy atom. The average Bonchev–Trinajstić information content (AvgIpc) is 3.09. The standard InChI is InChI=1S/C38H49NO13.2Ac/c1-8-9-15-49-34(46)39-26(19(2)3)28(42)33(45)51-22-17-38(48)31(52-32(44)21-13-11-10-12-14-21)29-36(7,23(40)16-24-37(29,47)18-50-24)30(43)27(41)25(20(22)4)35(38,5)6;;/h1,10-14,19,22-24,26-29,31,40-42,47-48H,9,15-18H2,2-7H3,(H,39,46);;/t22?,23-,24+,26-,27+,28+,29-,31-,36+,37-,38+;;/m0../s1. The molecule has 1 saturated heterocycles. The van der Waals surface area contributed by atoms with Crippen molar-refractivity contribution in [1.29, 1.82) is 0 Å². The summed E-state index contributed by atoms with van der Waals surface area (Å²) >= 11 is 0. The van der Waals surface area contributed by atoms with E-state index in [4.69, 9.17) is 25.4 Å². The summed E-state index contributed by atoms with van der Waals surface area (Å²) in [4.78, 5) is 54.5. The van der Waals surface area contributed by atoms with Gasteiger partial charge in [-0.15, -0.1) is 12.3 Å². The zero-order valence-corrected chi connectivity index (χ0v) is 40.8. The third-order valence-corrected chi connectivity index (χ3v) is 11.9. The summed E-state index contributed by atoms with van der Waals surface area (Å²) in [5.41, 5.74) is -7.49. The number of aliphatic hydroxyl groups excluding tert-OH is 3. The third-order valence-electron chi connectivity index (χ3n) is 11.9. The molecule has 0 aromatic heterocycles. The Kier molecular flexibility index (Phi) is 15.7. The Labute approximate surface area is 386 Å². The average molecular weight is 1180 g/mol. The molecule has 2 radical (unpaired) electrons. The first-order valence-corrected chi connectivity index (χ1v) is 17.5. The van der Waals surface area contributed by atoms with E-state index in [1.54, 1.807) is 45.9 Å². The van der Waals surface area contributed by atoms with Gasteiger partial charge in [0.15, 0.2) is 11.9 Å². The molecule has 2 bridgehead atoms. The van der Waals surface area contributed by atoms with E-state index in [0.29, 0.717) is 0 Å². The van der Waals surface area contributed by atoms with Crippen molar-refractivity contribution >= 4 is 23.8 Å². The first kappa shape index (κ1) is 47.4. The van der Waals surface area contributed by atoms with Crippen LogP contribution in [0.5, 0.6) is 0 Å². The number of esters is 2. The first-order chi connectivity index (χ1) is 24.3. The van der Waals surface area contributed by atoms with Crippen LogP contribution in [-0.4, -0.2) is 116 Å². The van der Waals surface area contributed by atoms with Gasteiger partial charge in [-0.2, -0.15) is 0 Å². The molecule has 1 heterocycles. The fraction of sp³-hybridized carbons (Fsp3) is 0.632. The van der Waals surface area contributed by atoms with Crippen molar-refractivity contribution in [1.82, 2.24) is 5.32 Å². The second-order valence-corrected chi connectivity index (χ2v) is 15.5. The fourth-order valence-electron chi connectivity index (χ4n) is 8.72. The van der Waals surface area contributed by atoms with Crippen LogP contribution in [-0.2, 0) is 28.5 Å². The maximum atomic E-state index is 14.6. The normalized spacial score (nSPS) is 34.7. The number of Topliss-reactive ketones (excluding diaryl/α,β-unsaturated/α-hetero) is 1. The summed E-state index contributed by atoms with van der Waals surface area (Å²) in [6.45, 7) is 8.86. The summed E-state index contributed by atoms with van der Waals surface area (Å²) < 4.78 is 22.6. The summed E-state index contributed by atoms with van der Waals surface area (Å²) in [5, 5.41) is 62.4. The summed E-state index contributed by atoms with van der Waals surface area (Å²) in [6.07, 6.45) is -5.76. The SMILES string of the molecule is C#CCCOC(=O)N[C@@H](C(C)C)[C@@H](O)C(=O)OC1C[C@@]2(O)[C@@H](OC(=O)c3ccccc3)[C@@H]3[C@]4(O)CO[C@@H]4C[C@H](O)[C@@]3(C)C(=O)[C@H](O)C(=C1C)C2(C)C.[Ac].[Ac]. The number of amides is 1. The molecule has 3 aliphatic carbocycles. The van der Waals surface area contributed by atoms with E-state index in [-0.39, 0.29) is 131 Å². The number of rotatable bonds is 9. The van der Waals surface area contributed by atoms with Gasteiger partial charge in [-0.1, -0.05) is 45.9 Å². The molecular formula is C38H49Ac2NO13. The van der Waals surface area contributed by atoms with Crippen molar-refractivity contribution < 1.29 is 152 Å². The van der Waals surface area contributed by atoms with E-state index in [1.807, 2.05) is 0 Å². The maximum absolute atomic E-state index is 14.6. The zero-order chi connectivity index (χ0) is 38.6. The molecule has 2 saturated carbocycles. The molecule has 1 aromatic rings. The molecule has 1 aromatic carbocycles. The number of terminal acetylenes is 1. The number of carbonyl (C=O) groups is 4.